The van der Waals surface area contributed by atoms with Gasteiger partial charge in [0.1, 0.15) is 0 Å². The molecule has 0 spiro atoms. The minimum Gasteiger partial charge on any atom is -0.381 e. The monoisotopic (exact) mass is 158 g/mol. The third-order valence-electron chi connectivity index (χ3n) is 1.89. The molecule has 0 aromatic carbocycles. The Hall–Kier alpha value is -0.120. The molecule has 0 aromatic rings. The van der Waals surface area contributed by atoms with Crippen molar-refractivity contribution in [3.63, 3.8) is 0 Å². The van der Waals surface area contributed by atoms with Crippen molar-refractivity contribution < 1.29 is 4.74 Å². The summed E-state index contributed by atoms with van der Waals surface area (Å²) in [5.41, 5.74) is 3.38. The van der Waals surface area contributed by atoms with Crippen molar-refractivity contribution in [3.8, 4) is 0 Å². The SMILES string of the molecule is CN(C)NC1CCCOCC1. The van der Waals surface area contributed by atoms with E-state index in [1.807, 2.05) is 19.1 Å². The molecule has 1 aliphatic heterocycles. The van der Waals surface area contributed by atoms with Crippen LogP contribution in [0.1, 0.15) is 19.3 Å². The lowest BCUT2D eigenvalue weighted by Gasteiger charge is -2.20. The van der Waals surface area contributed by atoms with E-state index in [2.05, 4.69) is 5.43 Å². The Morgan fingerprint density at radius 2 is 2.09 bits per heavy atom. The summed E-state index contributed by atoms with van der Waals surface area (Å²) in [6.07, 6.45) is 3.56. The van der Waals surface area contributed by atoms with Crippen LogP contribution in [0, 0.1) is 0 Å². The van der Waals surface area contributed by atoms with Gasteiger partial charge < -0.3 is 4.74 Å². The maximum Gasteiger partial charge on any atom is 0.0481 e. The lowest BCUT2D eigenvalue weighted by Crippen LogP contribution is -2.39. The molecule has 0 radical (unpaired) electrons. The largest absolute Gasteiger partial charge is 0.381 e. The predicted octanol–water partition coefficient (Wildman–Crippen LogP) is 0.622. The van der Waals surface area contributed by atoms with E-state index < -0.39 is 0 Å². The van der Waals surface area contributed by atoms with Gasteiger partial charge in [-0.1, -0.05) is 0 Å². The molecule has 0 amide bonds. The van der Waals surface area contributed by atoms with Crippen LogP contribution in [0.25, 0.3) is 0 Å². The average molecular weight is 158 g/mol. The first-order valence-electron chi connectivity index (χ1n) is 4.30. The van der Waals surface area contributed by atoms with Crippen LogP contribution in [-0.2, 0) is 4.74 Å². The minimum absolute atomic E-state index is 0.618. The summed E-state index contributed by atoms with van der Waals surface area (Å²) in [5, 5.41) is 2.02. The van der Waals surface area contributed by atoms with E-state index in [0.29, 0.717) is 6.04 Å². The van der Waals surface area contributed by atoms with E-state index in [1.165, 1.54) is 12.8 Å². The molecule has 1 saturated heterocycles. The van der Waals surface area contributed by atoms with Crippen LogP contribution in [0.5, 0.6) is 0 Å². The zero-order valence-electron chi connectivity index (χ0n) is 7.47. The molecule has 1 N–H and O–H groups in total. The van der Waals surface area contributed by atoms with Crippen LogP contribution in [0.15, 0.2) is 0 Å². The Labute approximate surface area is 68.7 Å². The van der Waals surface area contributed by atoms with Gasteiger partial charge in [0.15, 0.2) is 0 Å². The second-order valence-corrected chi connectivity index (χ2v) is 3.26. The van der Waals surface area contributed by atoms with E-state index in [0.717, 1.165) is 19.6 Å². The number of hydrogen-bond acceptors (Lipinski definition) is 3. The Bertz CT molecular complexity index is 98.3. The van der Waals surface area contributed by atoms with Crippen LogP contribution < -0.4 is 5.43 Å². The molecular formula is C8H18N2O. The standard InChI is InChI=1S/C8H18N2O/c1-10(2)9-8-4-3-6-11-7-5-8/h8-9H,3-7H2,1-2H3. The van der Waals surface area contributed by atoms with Crippen LogP contribution in [-0.4, -0.2) is 38.4 Å². The third kappa shape index (κ3) is 3.70. The summed E-state index contributed by atoms with van der Waals surface area (Å²) in [5.74, 6) is 0. The highest BCUT2D eigenvalue weighted by molar-refractivity contribution is 4.66. The molecular weight excluding hydrogens is 140 g/mol. The average Bonchev–Trinajstić information content (AvgIpc) is 2.14. The Balaban J connectivity index is 2.20. The molecule has 1 atom stereocenters. The van der Waals surface area contributed by atoms with Crippen LogP contribution in [0.2, 0.25) is 0 Å². The van der Waals surface area contributed by atoms with E-state index in [4.69, 9.17) is 4.74 Å². The van der Waals surface area contributed by atoms with E-state index in [-0.39, 0.29) is 0 Å². The zero-order valence-corrected chi connectivity index (χ0v) is 7.47. The molecule has 0 bridgehead atoms. The second-order valence-electron chi connectivity index (χ2n) is 3.26. The van der Waals surface area contributed by atoms with Gasteiger partial charge in [-0.05, 0) is 19.3 Å². The highest BCUT2D eigenvalue weighted by Crippen LogP contribution is 2.07. The zero-order chi connectivity index (χ0) is 8.10. The summed E-state index contributed by atoms with van der Waals surface area (Å²) in [7, 11) is 4.07. The smallest absolute Gasteiger partial charge is 0.0481 e. The van der Waals surface area contributed by atoms with Crippen molar-refractivity contribution in [1.82, 2.24) is 10.4 Å². The molecule has 1 fully saturated rings. The van der Waals surface area contributed by atoms with Gasteiger partial charge in [-0.3, -0.25) is 10.4 Å². The predicted molar refractivity (Wildman–Crippen MR) is 45.3 cm³/mol. The lowest BCUT2D eigenvalue weighted by atomic mass is 10.1. The number of rotatable bonds is 2. The summed E-state index contributed by atoms with van der Waals surface area (Å²) in [6, 6.07) is 0.618. The van der Waals surface area contributed by atoms with Gasteiger partial charge in [0, 0.05) is 33.4 Å². The molecule has 0 saturated carbocycles. The maximum absolute atomic E-state index is 5.35. The molecule has 0 aliphatic carbocycles. The molecule has 1 heterocycles. The van der Waals surface area contributed by atoms with Crippen molar-refractivity contribution in [3.05, 3.63) is 0 Å². The summed E-state index contributed by atoms with van der Waals surface area (Å²) >= 11 is 0. The topological polar surface area (TPSA) is 24.5 Å². The third-order valence-corrected chi connectivity index (χ3v) is 1.89. The molecule has 1 unspecified atom stereocenters. The Morgan fingerprint density at radius 1 is 1.27 bits per heavy atom. The van der Waals surface area contributed by atoms with E-state index in [9.17, 15) is 0 Å². The second kappa shape index (κ2) is 4.70. The van der Waals surface area contributed by atoms with Gasteiger partial charge in [-0.25, -0.2) is 0 Å². The van der Waals surface area contributed by atoms with Gasteiger partial charge >= 0.3 is 0 Å². The van der Waals surface area contributed by atoms with Crippen molar-refractivity contribution in [2.75, 3.05) is 27.3 Å². The fourth-order valence-corrected chi connectivity index (χ4v) is 1.40. The van der Waals surface area contributed by atoms with Gasteiger partial charge in [-0.2, -0.15) is 0 Å². The molecule has 66 valence electrons. The van der Waals surface area contributed by atoms with Gasteiger partial charge in [0.05, 0.1) is 0 Å². The van der Waals surface area contributed by atoms with Crippen molar-refractivity contribution in [1.29, 1.82) is 0 Å². The maximum atomic E-state index is 5.35. The normalized spacial score (nSPS) is 27.0. The molecule has 3 nitrogen and oxygen atoms in total. The lowest BCUT2D eigenvalue weighted by molar-refractivity contribution is 0.138. The molecule has 3 heteroatoms. The highest BCUT2D eigenvalue weighted by Gasteiger charge is 2.11. The number of nitrogens with zero attached hydrogens (tertiary/aromatic N) is 1. The fraction of sp³-hybridized carbons (Fsp3) is 1.00. The Morgan fingerprint density at radius 3 is 2.82 bits per heavy atom. The molecule has 1 rings (SSSR count). The highest BCUT2D eigenvalue weighted by atomic mass is 16.5. The van der Waals surface area contributed by atoms with E-state index in [1.54, 1.807) is 0 Å². The van der Waals surface area contributed by atoms with Gasteiger partial charge in [-0.15, -0.1) is 0 Å². The quantitative estimate of drug-likeness (QED) is 0.596. The van der Waals surface area contributed by atoms with Crippen molar-refractivity contribution in [2.45, 2.75) is 25.3 Å². The first-order chi connectivity index (χ1) is 5.29. The van der Waals surface area contributed by atoms with E-state index >= 15 is 0 Å². The first kappa shape index (κ1) is 8.97. The van der Waals surface area contributed by atoms with Crippen LogP contribution in [0.4, 0.5) is 0 Å². The van der Waals surface area contributed by atoms with Crippen molar-refractivity contribution in [2.24, 2.45) is 0 Å². The van der Waals surface area contributed by atoms with Crippen LogP contribution >= 0.6 is 0 Å². The van der Waals surface area contributed by atoms with Crippen LogP contribution in [0.3, 0.4) is 0 Å². The molecule has 11 heavy (non-hydrogen) atoms. The number of hydrazine groups is 1. The summed E-state index contributed by atoms with van der Waals surface area (Å²) in [4.78, 5) is 0. The molecule has 1 aliphatic rings. The fourth-order valence-electron chi connectivity index (χ4n) is 1.40. The van der Waals surface area contributed by atoms with Crippen molar-refractivity contribution >= 4 is 0 Å². The summed E-state index contributed by atoms with van der Waals surface area (Å²) in [6.45, 7) is 1.84. The minimum atomic E-state index is 0.618. The number of ether oxygens (including phenoxy) is 1. The Kier molecular flexibility index (Phi) is 3.83. The molecule has 0 aromatic heterocycles. The van der Waals surface area contributed by atoms with Gasteiger partial charge in [0.2, 0.25) is 0 Å². The first-order valence-corrected chi connectivity index (χ1v) is 4.30. The summed E-state index contributed by atoms with van der Waals surface area (Å²) < 4.78 is 5.35. The van der Waals surface area contributed by atoms with Gasteiger partial charge in [0.25, 0.3) is 0 Å². The number of nitrogens with one attached hydrogen (secondary N) is 1. The number of hydrogen-bond donors (Lipinski definition) is 1.